The summed E-state index contributed by atoms with van der Waals surface area (Å²) < 4.78 is 0. The first-order valence-corrected chi connectivity index (χ1v) is 12.9. The topological polar surface area (TPSA) is 47.8 Å². The zero-order valence-electron chi connectivity index (χ0n) is 22.4. The first-order valence-electron chi connectivity index (χ1n) is 12.9. The second kappa shape index (κ2) is 11.3. The van der Waals surface area contributed by atoms with Crippen LogP contribution < -0.4 is 11.1 Å². The molecule has 31 heavy (non-hydrogen) atoms. The number of hydrogen-bond acceptors (Lipinski definition) is 5. The molecule has 2 rings (SSSR count). The van der Waals surface area contributed by atoms with Crippen LogP contribution in [0, 0.1) is 17.8 Å². The maximum absolute atomic E-state index is 6.03. The minimum atomic E-state index is 0.0289. The molecule has 0 heterocycles. The van der Waals surface area contributed by atoms with Crippen molar-refractivity contribution in [2.24, 2.45) is 23.5 Å². The van der Waals surface area contributed by atoms with Gasteiger partial charge in [0.05, 0.1) is 0 Å². The van der Waals surface area contributed by atoms with Crippen molar-refractivity contribution in [2.75, 3.05) is 55.4 Å². The minimum absolute atomic E-state index is 0.0289. The molecular formula is C26H55N5. The van der Waals surface area contributed by atoms with E-state index < -0.39 is 0 Å². The van der Waals surface area contributed by atoms with Crippen molar-refractivity contribution < 1.29 is 0 Å². The van der Waals surface area contributed by atoms with Crippen LogP contribution in [0.2, 0.25) is 0 Å². The Kier molecular flexibility index (Phi) is 9.85. The molecule has 0 aromatic heterocycles. The number of nitrogens with one attached hydrogen (secondary N) is 1. The second-order valence-corrected chi connectivity index (χ2v) is 12.0. The van der Waals surface area contributed by atoms with Gasteiger partial charge in [-0.1, -0.05) is 0 Å². The molecule has 0 amide bonds. The summed E-state index contributed by atoms with van der Waals surface area (Å²) in [5.41, 5.74) is 6.10. The summed E-state index contributed by atoms with van der Waals surface area (Å²) in [6.07, 6.45) is 10.8. The van der Waals surface area contributed by atoms with Gasteiger partial charge in [0.2, 0.25) is 0 Å². The first kappa shape index (κ1) is 27.0. The highest BCUT2D eigenvalue weighted by Gasteiger charge is 2.53. The molecule has 184 valence electrons. The molecule has 2 aliphatic carbocycles. The summed E-state index contributed by atoms with van der Waals surface area (Å²) in [6, 6.07) is 1.51. The van der Waals surface area contributed by atoms with E-state index in [9.17, 15) is 0 Å². The molecule has 1 unspecified atom stereocenters. The zero-order chi connectivity index (χ0) is 23.4. The van der Waals surface area contributed by atoms with E-state index in [0.29, 0.717) is 12.5 Å². The molecule has 2 aliphatic rings. The largest absolute Gasteiger partial charge is 0.329 e. The average molecular weight is 438 g/mol. The highest BCUT2D eigenvalue weighted by Crippen LogP contribution is 2.49. The molecule has 5 heteroatoms. The van der Waals surface area contributed by atoms with Crippen molar-refractivity contribution in [3.05, 3.63) is 0 Å². The maximum atomic E-state index is 6.03. The number of likely N-dealkylation sites (N-methyl/N-ethyl adjacent to an activating group) is 1. The second-order valence-electron chi connectivity index (χ2n) is 12.0. The molecule has 2 fully saturated rings. The van der Waals surface area contributed by atoms with Crippen LogP contribution in [0.3, 0.4) is 0 Å². The molecular weight excluding hydrogens is 382 g/mol. The lowest BCUT2D eigenvalue weighted by Crippen LogP contribution is -2.70. The molecule has 0 aromatic rings. The predicted octanol–water partition coefficient (Wildman–Crippen LogP) is 3.49. The van der Waals surface area contributed by atoms with Crippen LogP contribution in [0.1, 0.15) is 72.1 Å². The predicted molar refractivity (Wildman–Crippen MR) is 136 cm³/mol. The smallest absolute Gasteiger partial charge is 0.0366 e. The van der Waals surface area contributed by atoms with Crippen LogP contribution in [0.4, 0.5) is 0 Å². The van der Waals surface area contributed by atoms with Gasteiger partial charge in [-0.3, -0.25) is 0 Å². The van der Waals surface area contributed by atoms with Gasteiger partial charge in [-0.05, 0) is 132 Å². The summed E-state index contributed by atoms with van der Waals surface area (Å²) in [7, 11) is 13.5. The molecule has 0 radical (unpaired) electrons. The Bertz CT molecular complexity index is 488. The normalized spacial score (nSPS) is 31.3. The quantitative estimate of drug-likeness (QED) is 0.548. The Hall–Kier alpha value is -0.200. The lowest BCUT2D eigenvalue weighted by Gasteiger charge is -2.58. The van der Waals surface area contributed by atoms with Gasteiger partial charge in [0.1, 0.15) is 0 Å². The van der Waals surface area contributed by atoms with Gasteiger partial charge in [0.25, 0.3) is 0 Å². The molecule has 1 atom stereocenters. The highest BCUT2D eigenvalue weighted by atomic mass is 15.2. The van der Waals surface area contributed by atoms with E-state index in [-0.39, 0.29) is 11.1 Å². The van der Waals surface area contributed by atoms with E-state index >= 15 is 0 Å². The minimum Gasteiger partial charge on any atom is -0.329 e. The molecule has 2 saturated carbocycles. The van der Waals surface area contributed by atoms with Crippen LogP contribution >= 0.6 is 0 Å². The van der Waals surface area contributed by atoms with Crippen molar-refractivity contribution in [1.82, 2.24) is 20.0 Å². The van der Waals surface area contributed by atoms with E-state index in [0.717, 1.165) is 30.5 Å². The molecule has 0 bridgehead atoms. The Balaban J connectivity index is 2.37. The van der Waals surface area contributed by atoms with Crippen molar-refractivity contribution in [1.29, 1.82) is 0 Å². The van der Waals surface area contributed by atoms with Crippen LogP contribution in [0.5, 0.6) is 0 Å². The van der Waals surface area contributed by atoms with Crippen molar-refractivity contribution in [3.63, 3.8) is 0 Å². The van der Waals surface area contributed by atoms with Gasteiger partial charge in [-0.15, -0.1) is 0 Å². The Labute approximate surface area is 194 Å². The first-order chi connectivity index (χ1) is 14.5. The van der Waals surface area contributed by atoms with E-state index in [2.05, 4.69) is 83.1 Å². The number of rotatable bonds is 10. The van der Waals surface area contributed by atoms with E-state index in [1.165, 1.54) is 51.4 Å². The van der Waals surface area contributed by atoms with Crippen LogP contribution in [0.15, 0.2) is 0 Å². The standard InChI is InChI=1S/C26H55N5/c1-25(2,31(8)9)26(3,28-19-18-27)24(20-10-14-22(15-11-20)29(4)5)21-12-16-23(17-13-21)30(6)7/h20-24,28H,10-19,27H2,1-9H3. The maximum Gasteiger partial charge on any atom is 0.0366 e. The third-order valence-corrected chi connectivity index (χ3v) is 9.65. The molecule has 0 spiro atoms. The van der Waals surface area contributed by atoms with E-state index in [1.54, 1.807) is 0 Å². The monoisotopic (exact) mass is 437 g/mol. The SMILES string of the molecule is CN(C)C1CCC(C(C2CCC(N(C)C)CC2)C(C)(NCCN)C(C)(C)N(C)C)CC1. The fraction of sp³-hybridized carbons (Fsp3) is 1.00. The van der Waals surface area contributed by atoms with Gasteiger partial charge in [-0.25, -0.2) is 0 Å². The van der Waals surface area contributed by atoms with E-state index in [1.807, 2.05) is 0 Å². The Morgan fingerprint density at radius 1 is 0.742 bits per heavy atom. The lowest BCUT2D eigenvalue weighted by atomic mass is 9.56. The number of nitrogens with two attached hydrogens (primary N) is 1. The molecule has 0 aromatic carbocycles. The zero-order valence-corrected chi connectivity index (χ0v) is 22.4. The third-order valence-electron chi connectivity index (χ3n) is 9.65. The fourth-order valence-electron chi connectivity index (χ4n) is 6.82. The fourth-order valence-corrected chi connectivity index (χ4v) is 6.82. The molecule has 3 N–H and O–H groups in total. The van der Waals surface area contributed by atoms with Crippen molar-refractivity contribution >= 4 is 0 Å². The van der Waals surface area contributed by atoms with Crippen molar-refractivity contribution in [2.45, 2.75) is 95.3 Å². The Morgan fingerprint density at radius 3 is 1.42 bits per heavy atom. The van der Waals surface area contributed by atoms with Crippen LogP contribution in [0.25, 0.3) is 0 Å². The number of hydrogen-bond donors (Lipinski definition) is 2. The summed E-state index contributed by atoms with van der Waals surface area (Å²) in [4.78, 5) is 7.34. The van der Waals surface area contributed by atoms with Gasteiger partial charge in [0.15, 0.2) is 0 Å². The van der Waals surface area contributed by atoms with Crippen LogP contribution in [-0.2, 0) is 0 Å². The molecule has 0 saturated heterocycles. The van der Waals surface area contributed by atoms with Gasteiger partial charge in [0, 0.05) is 36.3 Å². The van der Waals surface area contributed by atoms with Gasteiger partial charge >= 0.3 is 0 Å². The third kappa shape index (κ3) is 6.03. The lowest BCUT2D eigenvalue weighted by molar-refractivity contribution is -0.0420. The van der Waals surface area contributed by atoms with Crippen molar-refractivity contribution in [3.8, 4) is 0 Å². The van der Waals surface area contributed by atoms with Gasteiger partial charge < -0.3 is 25.8 Å². The molecule has 0 aliphatic heterocycles. The van der Waals surface area contributed by atoms with E-state index in [4.69, 9.17) is 5.73 Å². The highest BCUT2D eigenvalue weighted by molar-refractivity contribution is 5.10. The van der Waals surface area contributed by atoms with Gasteiger partial charge in [-0.2, -0.15) is 0 Å². The summed E-state index contributed by atoms with van der Waals surface area (Å²) in [5, 5.41) is 4.04. The average Bonchev–Trinajstić information content (AvgIpc) is 2.72. The van der Waals surface area contributed by atoms with Crippen LogP contribution in [-0.4, -0.2) is 93.2 Å². The Morgan fingerprint density at radius 2 is 1.13 bits per heavy atom. The summed E-state index contributed by atoms with van der Waals surface area (Å²) in [5.74, 6) is 2.28. The summed E-state index contributed by atoms with van der Waals surface area (Å²) in [6.45, 7) is 9.02. The number of nitrogens with zero attached hydrogens (tertiary/aromatic N) is 3. The summed E-state index contributed by atoms with van der Waals surface area (Å²) >= 11 is 0. The molecule has 5 nitrogen and oxygen atoms in total.